The lowest BCUT2D eigenvalue weighted by Crippen LogP contribution is -2.34. The van der Waals surface area contributed by atoms with Gasteiger partial charge in [-0.05, 0) is 19.3 Å². The van der Waals surface area contributed by atoms with E-state index in [1.807, 2.05) is 0 Å². The van der Waals surface area contributed by atoms with Crippen molar-refractivity contribution in [2.45, 2.75) is 161 Å². The van der Waals surface area contributed by atoms with E-state index in [9.17, 15) is 15.0 Å². The monoisotopic (exact) mass is 442 g/mol. The van der Waals surface area contributed by atoms with Gasteiger partial charge in [-0.25, -0.2) is 0 Å². The summed E-state index contributed by atoms with van der Waals surface area (Å²) in [5.74, 6) is -0.229. The van der Waals surface area contributed by atoms with Crippen molar-refractivity contribution in [2.24, 2.45) is 0 Å². The molecule has 0 aromatic heterocycles. The first-order valence-corrected chi connectivity index (χ1v) is 13.6. The van der Waals surface area contributed by atoms with Crippen LogP contribution in [-0.2, 0) is 9.53 Å². The van der Waals surface area contributed by atoms with Gasteiger partial charge in [0.2, 0.25) is 0 Å². The van der Waals surface area contributed by atoms with Gasteiger partial charge in [0, 0.05) is 6.42 Å². The third-order valence-electron chi connectivity index (χ3n) is 6.23. The van der Waals surface area contributed by atoms with Crippen molar-refractivity contribution in [2.75, 3.05) is 6.61 Å². The topological polar surface area (TPSA) is 66.8 Å². The molecule has 4 heteroatoms. The highest BCUT2D eigenvalue weighted by atomic mass is 16.6. The molecule has 0 amide bonds. The van der Waals surface area contributed by atoms with Crippen molar-refractivity contribution < 1.29 is 19.7 Å². The van der Waals surface area contributed by atoms with Crippen molar-refractivity contribution in [1.82, 2.24) is 0 Å². The minimum Gasteiger partial charge on any atom is -0.460 e. The van der Waals surface area contributed by atoms with Gasteiger partial charge in [-0.2, -0.15) is 0 Å². The first-order valence-electron chi connectivity index (χ1n) is 13.6. The lowest BCUT2D eigenvalue weighted by Gasteiger charge is -2.22. The van der Waals surface area contributed by atoms with Gasteiger partial charge in [0.05, 0.1) is 6.61 Å². The van der Waals surface area contributed by atoms with E-state index < -0.39 is 12.2 Å². The maximum absolute atomic E-state index is 12.1. The molecule has 2 N–H and O–H groups in total. The molecule has 2 unspecified atom stereocenters. The van der Waals surface area contributed by atoms with Crippen LogP contribution in [0.5, 0.6) is 0 Å². The Kier molecular flexibility index (Phi) is 23.6. The Bertz CT molecular complexity index is 372. The van der Waals surface area contributed by atoms with Gasteiger partial charge in [-0.15, -0.1) is 0 Å². The average Bonchev–Trinajstić information content (AvgIpc) is 2.77. The standard InChI is InChI=1S/C27H54O4/c1-3-5-7-9-11-13-15-16-18-20-22-26(25(29)24-28)31-27(30)23-21-19-17-14-12-10-8-6-4-2/h25-26,28-29H,3-24H2,1-2H3. The van der Waals surface area contributed by atoms with E-state index in [0.717, 1.165) is 25.7 Å². The minimum absolute atomic E-state index is 0.229. The zero-order valence-corrected chi connectivity index (χ0v) is 20.9. The summed E-state index contributed by atoms with van der Waals surface area (Å²) in [4.78, 5) is 12.1. The predicted molar refractivity (Wildman–Crippen MR) is 131 cm³/mol. The zero-order valence-electron chi connectivity index (χ0n) is 20.9. The Balaban J connectivity index is 3.76. The summed E-state index contributed by atoms with van der Waals surface area (Å²) in [6, 6.07) is 0. The second-order valence-electron chi connectivity index (χ2n) is 9.33. The molecular weight excluding hydrogens is 388 g/mol. The van der Waals surface area contributed by atoms with Crippen LogP contribution in [0.25, 0.3) is 0 Å². The number of carbonyl (C=O) groups is 1. The highest BCUT2D eigenvalue weighted by Gasteiger charge is 2.22. The van der Waals surface area contributed by atoms with Crippen LogP contribution in [0.2, 0.25) is 0 Å². The first kappa shape index (κ1) is 30.4. The molecule has 0 aliphatic rings. The van der Waals surface area contributed by atoms with Crippen LogP contribution in [0.3, 0.4) is 0 Å². The fourth-order valence-electron chi connectivity index (χ4n) is 4.09. The van der Waals surface area contributed by atoms with Gasteiger partial charge in [0.25, 0.3) is 0 Å². The van der Waals surface area contributed by atoms with Crippen molar-refractivity contribution in [1.29, 1.82) is 0 Å². The molecule has 186 valence electrons. The summed E-state index contributed by atoms with van der Waals surface area (Å²) in [6.45, 7) is 4.13. The molecule has 0 heterocycles. The molecule has 0 bridgehead atoms. The van der Waals surface area contributed by atoms with Gasteiger partial charge < -0.3 is 14.9 Å². The summed E-state index contributed by atoms with van der Waals surface area (Å²) < 4.78 is 5.51. The van der Waals surface area contributed by atoms with E-state index in [1.165, 1.54) is 96.3 Å². The molecule has 0 aromatic carbocycles. The number of unbranched alkanes of at least 4 members (excludes halogenated alkanes) is 17. The normalized spacial score (nSPS) is 13.3. The molecule has 0 aliphatic carbocycles. The van der Waals surface area contributed by atoms with E-state index in [-0.39, 0.29) is 12.6 Å². The van der Waals surface area contributed by atoms with Gasteiger partial charge in [0.1, 0.15) is 12.2 Å². The molecule has 2 atom stereocenters. The number of carbonyl (C=O) groups excluding carboxylic acids is 1. The van der Waals surface area contributed by atoms with E-state index in [1.54, 1.807) is 0 Å². The molecule has 0 rings (SSSR count). The first-order chi connectivity index (χ1) is 15.2. The number of aliphatic hydroxyl groups is 2. The molecule has 0 radical (unpaired) electrons. The van der Waals surface area contributed by atoms with Gasteiger partial charge in [-0.1, -0.05) is 123 Å². The number of aliphatic hydroxyl groups excluding tert-OH is 2. The van der Waals surface area contributed by atoms with E-state index in [4.69, 9.17) is 4.74 Å². The highest BCUT2D eigenvalue weighted by Crippen LogP contribution is 2.16. The van der Waals surface area contributed by atoms with Crippen LogP contribution in [0.15, 0.2) is 0 Å². The Labute approximate surface area is 193 Å². The minimum atomic E-state index is -0.967. The molecule has 4 nitrogen and oxygen atoms in total. The van der Waals surface area contributed by atoms with E-state index >= 15 is 0 Å². The largest absolute Gasteiger partial charge is 0.460 e. The van der Waals surface area contributed by atoms with Crippen LogP contribution in [0.4, 0.5) is 0 Å². The van der Waals surface area contributed by atoms with Gasteiger partial charge >= 0.3 is 5.97 Å². The second-order valence-corrected chi connectivity index (χ2v) is 9.33. The zero-order chi connectivity index (χ0) is 23.0. The third-order valence-corrected chi connectivity index (χ3v) is 6.23. The van der Waals surface area contributed by atoms with Gasteiger partial charge in [-0.3, -0.25) is 4.79 Å². The van der Waals surface area contributed by atoms with Crippen molar-refractivity contribution >= 4 is 5.97 Å². The van der Waals surface area contributed by atoms with Crippen LogP contribution >= 0.6 is 0 Å². The fourth-order valence-corrected chi connectivity index (χ4v) is 4.09. The van der Waals surface area contributed by atoms with Crippen LogP contribution in [-0.4, -0.2) is 35.0 Å². The third kappa shape index (κ3) is 21.0. The lowest BCUT2D eigenvalue weighted by atomic mass is 10.0. The Hall–Kier alpha value is -0.610. The number of hydrogen-bond donors (Lipinski definition) is 2. The number of rotatable bonds is 24. The average molecular weight is 443 g/mol. The van der Waals surface area contributed by atoms with Crippen LogP contribution in [0, 0.1) is 0 Å². The summed E-state index contributed by atoms with van der Waals surface area (Å²) in [6.07, 6.45) is 23.0. The quantitative estimate of drug-likeness (QED) is 0.120. The number of ether oxygens (including phenoxy) is 1. The number of hydrogen-bond acceptors (Lipinski definition) is 4. The van der Waals surface area contributed by atoms with Gasteiger partial charge in [0.15, 0.2) is 0 Å². The molecule has 0 fully saturated rings. The maximum Gasteiger partial charge on any atom is 0.306 e. The molecule has 0 aromatic rings. The SMILES string of the molecule is CCCCCCCCCCCCC(OC(=O)CCCCCCCCCCC)C(O)CO. The van der Waals surface area contributed by atoms with Crippen molar-refractivity contribution in [3.8, 4) is 0 Å². The molecule has 0 spiro atoms. The molecule has 0 aliphatic heterocycles. The smallest absolute Gasteiger partial charge is 0.306 e. The molecular formula is C27H54O4. The fraction of sp³-hybridized carbons (Fsp3) is 0.963. The molecule has 31 heavy (non-hydrogen) atoms. The Morgan fingerprint density at radius 2 is 1.03 bits per heavy atom. The number of esters is 1. The Morgan fingerprint density at radius 1 is 0.645 bits per heavy atom. The van der Waals surface area contributed by atoms with Crippen LogP contribution in [0.1, 0.15) is 149 Å². The second kappa shape index (κ2) is 24.0. The predicted octanol–water partition coefficient (Wildman–Crippen LogP) is 7.48. The van der Waals surface area contributed by atoms with Crippen molar-refractivity contribution in [3.63, 3.8) is 0 Å². The summed E-state index contributed by atoms with van der Waals surface area (Å²) in [5, 5.41) is 19.3. The molecule has 0 saturated carbocycles. The highest BCUT2D eigenvalue weighted by molar-refractivity contribution is 5.69. The summed E-state index contributed by atoms with van der Waals surface area (Å²) >= 11 is 0. The molecule has 0 saturated heterocycles. The summed E-state index contributed by atoms with van der Waals surface area (Å²) in [7, 11) is 0. The van der Waals surface area contributed by atoms with E-state index in [0.29, 0.717) is 12.8 Å². The lowest BCUT2D eigenvalue weighted by molar-refractivity contribution is -0.157. The van der Waals surface area contributed by atoms with Crippen LogP contribution < -0.4 is 0 Å². The maximum atomic E-state index is 12.1. The van der Waals surface area contributed by atoms with Crippen molar-refractivity contribution in [3.05, 3.63) is 0 Å². The Morgan fingerprint density at radius 3 is 1.45 bits per heavy atom. The van der Waals surface area contributed by atoms with E-state index in [2.05, 4.69) is 13.8 Å². The summed E-state index contributed by atoms with van der Waals surface area (Å²) in [5.41, 5.74) is 0.